The SMILES string of the molecule is NC[C@@H](O)CNS(=O)(=O)c1ccc(N2CCC(CO)n3ccnc32)c(C2=NCN=N2)c1S(N)(=O)=O. The van der Waals surface area contributed by atoms with Crippen LogP contribution in [0.5, 0.6) is 0 Å². The molecule has 0 saturated heterocycles. The summed E-state index contributed by atoms with van der Waals surface area (Å²) in [4.78, 5) is 8.77. The van der Waals surface area contributed by atoms with Gasteiger partial charge in [0.1, 0.15) is 9.79 Å². The number of primary sulfonamides is 1. The molecule has 17 heteroatoms. The van der Waals surface area contributed by atoms with Gasteiger partial charge in [-0.3, -0.25) is 0 Å². The molecule has 0 spiro atoms. The Balaban J connectivity index is 1.95. The Kier molecular flexibility index (Phi) is 7.00. The predicted molar refractivity (Wildman–Crippen MR) is 124 cm³/mol. The van der Waals surface area contributed by atoms with Crippen molar-refractivity contribution in [3.8, 4) is 0 Å². The van der Waals surface area contributed by atoms with E-state index in [4.69, 9.17) is 10.9 Å². The van der Waals surface area contributed by atoms with Crippen molar-refractivity contribution in [2.45, 2.75) is 28.4 Å². The fourth-order valence-electron chi connectivity index (χ4n) is 3.94. The third kappa shape index (κ3) is 4.83. The number of hydrogen-bond donors (Lipinski definition) is 5. The Morgan fingerprint density at radius 1 is 1.26 bits per heavy atom. The minimum Gasteiger partial charge on any atom is -0.394 e. The summed E-state index contributed by atoms with van der Waals surface area (Å²) in [5.74, 6) is 0.303. The molecule has 4 rings (SSSR count). The summed E-state index contributed by atoms with van der Waals surface area (Å²) in [6.07, 6.45) is 2.54. The predicted octanol–water partition coefficient (Wildman–Crippen LogP) is -1.63. The van der Waals surface area contributed by atoms with Gasteiger partial charge in [-0.2, -0.15) is 5.11 Å². The molecule has 0 amide bonds. The van der Waals surface area contributed by atoms with Crippen LogP contribution in [-0.2, 0) is 20.0 Å². The molecule has 35 heavy (non-hydrogen) atoms. The molecule has 1 aromatic carbocycles. The van der Waals surface area contributed by atoms with Crippen molar-refractivity contribution in [3.05, 3.63) is 30.1 Å². The van der Waals surface area contributed by atoms with Crippen LogP contribution in [0.3, 0.4) is 0 Å². The highest BCUT2D eigenvalue weighted by atomic mass is 32.2. The van der Waals surface area contributed by atoms with Gasteiger partial charge in [0.15, 0.2) is 12.5 Å². The van der Waals surface area contributed by atoms with E-state index in [9.17, 15) is 27.0 Å². The topological polar surface area (TPSA) is 231 Å². The molecule has 2 aliphatic heterocycles. The van der Waals surface area contributed by atoms with Gasteiger partial charge >= 0.3 is 0 Å². The number of hydrogen-bond acceptors (Lipinski definition) is 12. The van der Waals surface area contributed by atoms with Crippen LogP contribution in [0.2, 0.25) is 0 Å². The number of azo groups is 1. The minimum absolute atomic E-state index is 0.0715. The zero-order chi connectivity index (χ0) is 25.4. The van der Waals surface area contributed by atoms with Gasteiger partial charge in [0.2, 0.25) is 26.0 Å². The second-order valence-corrected chi connectivity index (χ2v) is 11.1. The van der Waals surface area contributed by atoms with Crippen molar-refractivity contribution >= 4 is 37.5 Å². The molecule has 2 aliphatic rings. The molecule has 0 fully saturated rings. The summed E-state index contributed by atoms with van der Waals surface area (Å²) in [5.41, 5.74) is 5.43. The summed E-state index contributed by atoms with van der Waals surface area (Å²) in [7, 11) is -9.12. The van der Waals surface area contributed by atoms with Crippen LogP contribution >= 0.6 is 0 Å². The maximum Gasteiger partial charge on any atom is 0.242 e. The summed E-state index contributed by atoms with van der Waals surface area (Å²) >= 11 is 0. The van der Waals surface area contributed by atoms with Crippen LogP contribution in [-0.4, -0.2) is 81.4 Å². The number of aliphatic hydroxyl groups excluding tert-OH is 2. The van der Waals surface area contributed by atoms with Crippen LogP contribution in [0.25, 0.3) is 0 Å². The number of nitrogens with two attached hydrogens (primary N) is 2. The van der Waals surface area contributed by atoms with Crippen LogP contribution in [0.1, 0.15) is 18.0 Å². The number of nitrogens with zero attached hydrogens (tertiary/aromatic N) is 6. The van der Waals surface area contributed by atoms with Crippen molar-refractivity contribution in [1.29, 1.82) is 0 Å². The van der Waals surface area contributed by atoms with Gasteiger partial charge in [-0.05, 0) is 18.6 Å². The first-order chi connectivity index (χ1) is 16.6. The number of imidazole rings is 1. The van der Waals surface area contributed by atoms with Crippen molar-refractivity contribution in [1.82, 2.24) is 14.3 Å². The molecule has 2 atom stereocenters. The first-order valence-corrected chi connectivity index (χ1v) is 13.5. The first kappa shape index (κ1) is 25.3. The number of nitrogens with one attached hydrogen (secondary N) is 1. The largest absolute Gasteiger partial charge is 0.394 e. The molecule has 3 heterocycles. The number of amidine groups is 1. The Labute approximate surface area is 201 Å². The third-order valence-electron chi connectivity index (χ3n) is 5.60. The molecule has 0 bridgehead atoms. The molecule has 1 aromatic heterocycles. The van der Waals surface area contributed by atoms with E-state index in [1.165, 1.54) is 12.3 Å². The monoisotopic (exact) mass is 527 g/mol. The quantitative estimate of drug-likeness (QED) is 0.252. The summed E-state index contributed by atoms with van der Waals surface area (Å²) in [6.45, 7) is -0.505. The summed E-state index contributed by atoms with van der Waals surface area (Å²) in [5, 5.41) is 32.6. The highest BCUT2D eigenvalue weighted by Gasteiger charge is 2.36. The molecule has 7 N–H and O–H groups in total. The van der Waals surface area contributed by atoms with E-state index in [1.54, 1.807) is 15.7 Å². The fraction of sp³-hybridized carbons (Fsp3) is 0.444. The number of fused-ring (bicyclic) bond motifs is 1. The number of aliphatic imine (C=N–C) groups is 1. The normalized spacial score (nSPS) is 19.0. The van der Waals surface area contributed by atoms with E-state index < -0.39 is 42.5 Å². The second-order valence-electron chi connectivity index (χ2n) is 7.85. The van der Waals surface area contributed by atoms with Crippen molar-refractivity contribution in [2.24, 2.45) is 26.1 Å². The standard InChI is InChI=1S/C18H25N9O6S2/c19-7-12(29)8-24-35(32,33)14-2-1-13(15(16(14)34(20,30)31)17-22-10-23-25-17)27-5-3-11(9-28)26-6-4-21-18(26)27/h1-2,4,6,11-12,24,28-29H,3,5,7-10,19H2,(H2,20,30,31)/t11?,12-/m1/s1. The van der Waals surface area contributed by atoms with Crippen LogP contribution in [0.4, 0.5) is 11.6 Å². The van der Waals surface area contributed by atoms with E-state index in [-0.39, 0.29) is 42.9 Å². The van der Waals surface area contributed by atoms with E-state index in [2.05, 4.69) is 24.9 Å². The molecular formula is C18H25N9O6S2. The van der Waals surface area contributed by atoms with Crippen LogP contribution in [0, 0.1) is 0 Å². The number of benzene rings is 1. The number of aliphatic hydroxyl groups is 2. The highest BCUT2D eigenvalue weighted by Crippen LogP contribution is 2.39. The Hall–Kier alpha value is -2.80. The summed E-state index contributed by atoms with van der Waals surface area (Å²) < 4.78 is 55.7. The highest BCUT2D eigenvalue weighted by molar-refractivity contribution is 7.92. The average Bonchev–Trinajstić information content (AvgIpc) is 3.53. The molecule has 0 radical (unpaired) electrons. The minimum atomic E-state index is -4.65. The van der Waals surface area contributed by atoms with Gasteiger partial charge in [-0.25, -0.2) is 36.7 Å². The molecule has 190 valence electrons. The van der Waals surface area contributed by atoms with Crippen molar-refractivity contribution in [3.63, 3.8) is 0 Å². The number of anilines is 2. The van der Waals surface area contributed by atoms with E-state index in [1.807, 2.05) is 0 Å². The number of aromatic nitrogens is 2. The lowest BCUT2D eigenvalue weighted by molar-refractivity contribution is 0.186. The van der Waals surface area contributed by atoms with Gasteiger partial charge < -0.3 is 25.4 Å². The van der Waals surface area contributed by atoms with Gasteiger partial charge in [0.25, 0.3) is 0 Å². The molecule has 1 unspecified atom stereocenters. The van der Waals surface area contributed by atoms with Crippen molar-refractivity contribution in [2.75, 3.05) is 37.8 Å². The lowest BCUT2D eigenvalue weighted by Crippen LogP contribution is -2.37. The molecule has 0 aliphatic carbocycles. The van der Waals surface area contributed by atoms with Crippen molar-refractivity contribution < 1.29 is 27.0 Å². The molecule has 2 aromatic rings. The fourth-order valence-corrected chi connectivity index (χ4v) is 6.60. The van der Waals surface area contributed by atoms with Crippen LogP contribution < -0.4 is 20.5 Å². The molecule has 0 saturated carbocycles. The van der Waals surface area contributed by atoms with Crippen LogP contribution in [0.15, 0.2) is 49.5 Å². The maximum atomic E-state index is 13.1. The zero-order valence-electron chi connectivity index (χ0n) is 18.4. The van der Waals surface area contributed by atoms with E-state index >= 15 is 0 Å². The zero-order valence-corrected chi connectivity index (χ0v) is 20.0. The van der Waals surface area contributed by atoms with Gasteiger partial charge in [-0.15, -0.1) is 5.11 Å². The van der Waals surface area contributed by atoms with E-state index in [0.717, 1.165) is 6.07 Å². The molecule has 15 nitrogen and oxygen atoms in total. The van der Waals surface area contributed by atoms with Gasteiger partial charge in [0, 0.05) is 32.0 Å². The summed E-state index contributed by atoms with van der Waals surface area (Å²) in [6, 6.07) is 2.28. The number of sulfonamides is 2. The lowest BCUT2D eigenvalue weighted by atomic mass is 10.1. The third-order valence-corrected chi connectivity index (χ3v) is 8.19. The second kappa shape index (κ2) is 9.69. The van der Waals surface area contributed by atoms with Gasteiger partial charge in [-0.1, -0.05) is 0 Å². The maximum absolute atomic E-state index is 13.1. The molecular weight excluding hydrogens is 502 g/mol. The van der Waals surface area contributed by atoms with E-state index in [0.29, 0.717) is 18.9 Å². The Bertz CT molecular complexity index is 1390. The first-order valence-electron chi connectivity index (χ1n) is 10.5. The van der Waals surface area contributed by atoms with Gasteiger partial charge in [0.05, 0.1) is 30.0 Å². The average molecular weight is 528 g/mol. The lowest BCUT2D eigenvalue weighted by Gasteiger charge is -2.35. The Morgan fingerprint density at radius 3 is 2.66 bits per heavy atom. The smallest absolute Gasteiger partial charge is 0.242 e. The Morgan fingerprint density at radius 2 is 2.03 bits per heavy atom. The number of rotatable bonds is 9.